The molecule has 1 unspecified atom stereocenters. The predicted octanol–water partition coefficient (Wildman–Crippen LogP) is 0.758. The average Bonchev–Trinajstić information content (AvgIpc) is 2.02. The van der Waals surface area contributed by atoms with Crippen molar-refractivity contribution in [2.24, 2.45) is 0 Å². The standard InChI is InChI=1S/C9H17NOS/c1-3-4-5-7-10-8-6-9-12(2)11/h10H,5-9H2,1-2H3. The maximum Gasteiger partial charge on any atom is 0.0244 e. The Labute approximate surface area is 77.6 Å². The van der Waals surface area contributed by atoms with Gasteiger partial charge in [-0.1, -0.05) is 0 Å². The fourth-order valence-electron chi connectivity index (χ4n) is 0.801. The molecule has 0 aromatic heterocycles. The van der Waals surface area contributed by atoms with Gasteiger partial charge >= 0.3 is 0 Å². The lowest BCUT2D eigenvalue weighted by Gasteiger charge is -1.99. The molecule has 0 saturated heterocycles. The summed E-state index contributed by atoms with van der Waals surface area (Å²) in [5.41, 5.74) is 0. The van der Waals surface area contributed by atoms with Crippen LogP contribution in [-0.4, -0.2) is 29.3 Å². The van der Waals surface area contributed by atoms with Crippen LogP contribution in [0.25, 0.3) is 0 Å². The molecule has 0 aliphatic heterocycles. The van der Waals surface area contributed by atoms with Crippen molar-refractivity contribution in [3.8, 4) is 11.8 Å². The van der Waals surface area contributed by atoms with Crippen LogP contribution >= 0.6 is 0 Å². The van der Waals surface area contributed by atoms with E-state index in [1.165, 1.54) is 0 Å². The van der Waals surface area contributed by atoms with Gasteiger partial charge in [-0.15, -0.1) is 11.8 Å². The zero-order valence-corrected chi connectivity index (χ0v) is 8.67. The normalized spacial score (nSPS) is 11.8. The number of nitrogens with one attached hydrogen (secondary N) is 1. The maximum absolute atomic E-state index is 10.6. The molecule has 1 atom stereocenters. The van der Waals surface area contributed by atoms with Gasteiger partial charge in [0, 0.05) is 35.8 Å². The Morgan fingerprint density at radius 1 is 1.42 bits per heavy atom. The molecule has 0 aromatic carbocycles. The molecule has 0 rings (SSSR count). The monoisotopic (exact) mass is 187 g/mol. The van der Waals surface area contributed by atoms with Crippen molar-refractivity contribution in [1.29, 1.82) is 0 Å². The SMILES string of the molecule is CC#CCCNCCCS(C)=O. The van der Waals surface area contributed by atoms with Crippen molar-refractivity contribution in [3.05, 3.63) is 0 Å². The van der Waals surface area contributed by atoms with E-state index >= 15 is 0 Å². The second-order valence-corrected chi connectivity index (χ2v) is 4.11. The summed E-state index contributed by atoms with van der Waals surface area (Å²) in [4.78, 5) is 0. The van der Waals surface area contributed by atoms with E-state index in [4.69, 9.17) is 0 Å². The average molecular weight is 187 g/mol. The van der Waals surface area contributed by atoms with Gasteiger partial charge in [-0.2, -0.15) is 0 Å². The smallest absolute Gasteiger partial charge is 0.0244 e. The van der Waals surface area contributed by atoms with E-state index in [2.05, 4.69) is 17.2 Å². The molecule has 0 aliphatic carbocycles. The summed E-state index contributed by atoms with van der Waals surface area (Å²) in [7, 11) is -0.642. The Bertz CT molecular complexity index is 181. The van der Waals surface area contributed by atoms with Gasteiger partial charge in [-0.3, -0.25) is 4.21 Å². The summed E-state index contributed by atoms with van der Waals surface area (Å²) >= 11 is 0. The van der Waals surface area contributed by atoms with Crippen LogP contribution in [0.1, 0.15) is 19.8 Å². The molecular formula is C9H17NOS. The number of rotatable bonds is 6. The van der Waals surface area contributed by atoms with E-state index in [-0.39, 0.29) is 0 Å². The first kappa shape index (κ1) is 11.7. The second-order valence-electron chi connectivity index (χ2n) is 2.56. The van der Waals surface area contributed by atoms with Gasteiger partial charge in [-0.05, 0) is 19.9 Å². The van der Waals surface area contributed by atoms with Crippen molar-refractivity contribution in [1.82, 2.24) is 5.32 Å². The van der Waals surface area contributed by atoms with Crippen LogP contribution in [0.2, 0.25) is 0 Å². The van der Waals surface area contributed by atoms with E-state index in [9.17, 15) is 4.21 Å². The number of hydrogen-bond acceptors (Lipinski definition) is 2. The minimum atomic E-state index is -0.642. The van der Waals surface area contributed by atoms with Gasteiger partial charge in [0.1, 0.15) is 0 Å². The molecule has 70 valence electrons. The molecule has 0 aliphatic rings. The van der Waals surface area contributed by atoms with E-state index in [1.807, 2.05) is 6.92 Å². The molecule has 0 heterocycles. The third-order valence-electron chi connectivity index (χ3n) is 1.39. The molecule has 0 bridgehead atoms. The van der Waals surface area contributed by atoms with Crippen molar-refractivity contribution < 1.29 is 4.21 Å². The summed E-state index contributed by atoms with van der Waals surface area (Å²) in [6.07, 6.45) is 3.64. The van der Waals surface area contributed by atoms with E-state index < -0.39 is 10.8 Å². The lowest BCUT2D eigenvalue weighted by atomic mass is 10.4. The summed E-state index contributed by atoms with van der Waals surface area (Å²) in [6.45, 7) is 3.74. The Hall–Kier alpha value is -0.330. The Morgan fingerprint density at radius 3 is 2.75 bits per heavy atom. The maximum atomic E-state index is 10.6. The van der Waals surface area contributed by atoms with Crippen LogP contribution in [0.3, 0.4) is 0 Å². The van der Waals surface area contributed by atoms with Crippen molar-refractivity contribution in [2.75, 3.05) is 25.1 Å². The van der Waals surface area contributed by atoms with E-state index in [0.29, 0.717) is 0 Å². The second kappa shape index (κ2) is 8.76. The molecule has 0 amide bonds. The van der Waals surface area contributed by atoms with Gasteiger partial charge in [-0.25, -0.2) is 0 Å². The fraction of sp³-hybridized carbons (Fsp3) is 0.778. The van der Waals surface area contributed by atoms with Gasteiger partial charge < -0.3 is 5.32 Å². The minimum absolute atomic E-state index is 0.642. The van der Waals surface area contributed by atoms with Crippen LogP contribution in [-0.2, 0) is 10.8 Å². The molecular weight excluding hydrogens is 170 g/mol. The summed E-state index contributed by atoms with van der Waals surface area (Å²) < 4.78 is 10.6. The highest BCUT2D eigenvalue weighted by molar-refractivity contribution is 7.84. The largest absolute Gasteiger partial charge is 0.316 e. The van der Waals surface area contributed by atoms with Crippen LogP contribution in [0.15, 0.2) is 0 Å². The molecule has 2 nitrogen and oxygen atoms in total. The molecule has 0 radical (unpaired) electrons. The van der Waals surface area contributed by atoms with Gasteiger partial charge in [0.15, 0.2) is 0 Å². The Morgan fingerprint density at radius 2 is 2.17 bits per heavy atom. The Balaban J connectivity index is 2.99. The third-order valence-corrected chi connectivity index (χ3v) is 2.25. The van der Waals surface area contributed by atoms with Crippen LogP contribution in [0, 0.1) is 11.8 Å². The minimum Gasteiger partial charge on any atom is -0.316 e. The fourth-order valence-corrected chi connectivity index (χ4v) is 1.35. The van der Waals surface area contributed by atoms with Crippen LogP contribution in [0.5, 0.6) is 0 Å². The van der Waals surface area contributed by atoms with Crippen LogP contribution in [0.4, 0.5) is 0 Å². The summed E-state index contributed by atoms with van der Waals surface area (Å²) in [5, 5.41) is 3.24. The van der Waals surface area contributed by atoms with Crippen molar-refractivity contribution in [2.45, 2.75) is 19.8 Å². The van der Waals surface area contributed by atoms with Gasteiger partial charge in [0.25, 0.3) is 0 Å². The summed E-state index contributed by atoms with van der Waals surface area (Å²) in [5.74, 6) is 6.61. The summed E-state index contributed by atoms with van der Waals surface area (Å²) in [6, 6.07) is 0. The zero-order chi connectivity index (χ0) is 9.23. The van der Waals surface area contributed by atoms with Crippen LogP contribution < -0.4 is 5.32 Å². The molecule has 0 aromatic rings. The predicted molar refractivity (Wildman–Crippen MR) is 54.5 cm³/mol. The molecule has 1 N–H and O–H groups in total. The molecule has 12 heavy (non-hydrogen) atoms. The first-order valence-electron chi connectivity index (χ1n) is 4.17. The van der Waals surface area contributed by atoms with E-state index in [0.717, 1.165) is 31.7 Å². The molecule has 0 spiro atoms. The van der Waals surface area contributed by atoms with Gasteiger partial charge in [0.05, 0.1) is 0 Å². The molecule has 0 fully saturated rings. The van der Waals surface area contributed by atoms with Gasteiger partial charge in [0.2, 0.25) is 0 Å². The third kappa shape index (κ3) is 9.67. The lowest BCUT2D eigenvalue weighted by molar-refractivity contribution is 0.666. The highest BCUT2D eigenvalue weighted by Gasteiger charge is 1.90. The highest BCUT2D eigenvalue weighted by atomic mass is 32.2. The lowest BCUT2D eigenvalue weighted by Crippen LogP contribution is -2.17. The molecule has 0 saturated carbocycles. The topological polar surface area (TPSA) is 29.1 Å². The highest BCUT2D eigenvalue weighted by Crippen LogP contribution is 1.81. The quantitative estimate of drug-likeness (QED) is 0.491. The van der Waals surface area contributed by atoms with E-state index in [1.54, 1.807) is 6.26 Å². The number of hydrogen-bond donors (Lipinski definition) is 1. The Kier molecular flexibility index (Phi) is 8.52. The zero-order valence-electron chi connectivity index (χ0n) is 7.85. The van der Waals surface area contributed by atoms with Crippen molar-refractivity contribution >= 4 is 10.8 Å². The first-order valence-corrected chi connectivity index (χ1v) is 5.90. The van der Waals surface area contributed by atoms with Crippen molar-refractivity contribution in [3.63, 3.8) is 0 Å². The molecule has 3 heteroatoms. The first-order chi connectivity index (χ1) is 5.77.